The Morgan fingerprint density at radius 3 is 1.36 bits per heavy atom. The Kier molecular flexibility index (Phi) is 27.6. The summed E-state index contributed by atoms with van der Waals surface area (Å²) in [5.74, 6) is 1.95. The molecule has 6 atom stereocenters. The fourth-order valence-electron chi connectivity index (χ4n) is 14.8. The number of carbonyl (C=O) groups excluding carboxylic acids is 2. The van der Waals surface area contributed by atoms with Crippen molar-refractivity contribution in [3.8, 4) is 46.0 Å². The van der Waals surface area contributed by atoms with Gasteiger partial charge in [0.1, 0.15) is 29.9 Å². The smallest absolute Gasteiger partial charge is 0.204 e. The fraction of sp³-hybridized carbons (Fsp3) is 0.649. The minimum absolute atomic E-state index is 0.173. The van der Waals surface area contributed by atoms with E-state index in [1.165, 1.54) is 135 Å². The van der Waals surface area contributed by atoms with Gasteiger partial charge in [-0.3, -0.25) is 0 Å². The highest BCUT2D eigenvalue weighted by Gasteiger charge is 2.49. The number of benzene rings is 4. The van der Waals surface area contributed by atoms with Crippen molar-refractivity contribution in [3.63, 3.8) is 0 Å². The quantitative estimate of drug-likeness (QED) is 0.0315. The van der Waals surface area contributed by atoms with Gasteiger partial charge in [0.2, 0.25) is 5.75 Å². The molecule has 4 aliphatic heterocycles. The van der Waals surface area contributed by atoms with Gasteiger partial charge in [-0.1, -0.05) is 199 Å². The molecule has 0 aromatic heterocycles. The van der Waals surface area contributed by atoms with Crippen LogP contribution in [0.1, 0.15) is 252 Å². The van der Waals surface area contributed by atoms with Gasteiger partial charge in [-0.05, 0) is 77.6 Å². The van der Waals surface area contributed by atoms with Crippen LogP contribution in [0.5, 0.6) is 46.0 Å². The lowest BCUT2D eigenvalue weighted by atomic mass is 9.83. The average Bonchev–Trinajstić information content (AvgIpc) is 0.775. The Balaban J connectivity index is 1.21. The third-order valence-electron chi connectivity index (χ3n) is 20.1. The van der Waals surface area contributed by atoms with Gasteiger partial charge in [0.15, 0.2) is 34.5 Å². The molecule has 12 nitrogen and oxygen atoms in total. The third-order valence-corrected chi connectivity index (χ3v) is 20.1. The number of carboxylic acids is 2. The van der Waals surface area contributed by atoms with E-state index in [0.717, 1.165) is 78.3 Å². The summed E-state index contributed by atoms with van der Waals surface area (Å²) in [7, 11) is 10.7. The van der Waals surface area contributed by atoms with E-state index in [-0.39, 0.29) is 15.0 Å². The van der Waals surface area contributed by atoms with Crippen LogP contribution in [0, 0.1) is 0 Å². The number of carbonyl (C=O) groups is 2. The summed E-state index contributed by atoms with van der Waals surface area (Å²) in [4.78, 5) is 27.6. The van der Waals surface area contributed by atoms with Gasteiger partial charge in [-0.25, -0.2) is 0 Å². The van der Waals surface area contributed by atoms with E-state index in [4.69, 9.17) is 28.4 Å². The van der Waals surface area contributed by atoms with Crippen molar-refractivity contribution in [3.05, 3.63) is 94.0 Å². The second-order valence-corrected chi connectivity index (χ2v) is 26.1. The molecule has 86 heavy (non-hydrogen) atoms. The SMILES string of the molecule is CCCCCCCCCCCCCCCCC(C(=O)[O-])[N+]1(C)CCc2cc(OC)c3cc2C1Cc1ccc(cc1)Oc1cc(ccc1OC)CC1c2c(cc(OC)c(OC)c2O3)CC[N+]1(C)C(CCCCCCCCCCCCCCCC)C(=O)[O-]. The summed E-state index contributed by atoms with van der Waals surface area (Å²) in [6.07, 6.45) is 37.5. The van der Waals surface area contributed by atoms with Crippen molar-refractivity contribution < 1.29 is 57.2 Å². The van der Waals surface area contributed by atoms with E-state index in [1.807, 2.05) is 36.4 Å². The van der Waals surface area contributed by atoms with E-state index in [0.29, 0.717) is 97.6 Å². The lowest BCUT2D eigenvalue weighted by molar-refractivity contribution is -0.958. The first-order valence-corrected chi connectivity index (χ1v) is 34.0. The van der Waals surface area contributed by atoms with Gasteiger partial charge in [0.25, 0.3) is 0 Å². The summed E-state index contributed by atoms with van der Waals surface area (Å²) in [6, 6.07) is 17.9. The lowest BCUT2D eigenvalue weighted by Gasteiger charge is -2.51. The first kappa shape index (κ1) is 68.0. The maximum absolute atomic E-state index is 13.9. The highest BCUT2D eigenvalue weighted by molar-refractivity contribution is 5.71. The number of fused-ring (bicyclic) bond motifs is 2. The van der Waals surface area contributed by atoms with Crippen LogP contribution in [0.2, 0.25) is 0 Å². The molecule has 0 saturated heterocycles. The Hall–Kier alpha value is -5.46. The van der Waals surface area contributed by atoms with Gasteiger partial charge in [0.05, 0.1) is 73.1 Å². The molecule has 476 valence electrons. The maximum Gasteiger partial charge on any atom is 0.204 e. The summed E-state index contributed by atoms with van der Waals surface area (Å²) in [5.41, 5.74) is 5.84. The van der Waals surface area contributed by atoms with Crippen molar-refractivity contribution in [1.82, 2.24) is 0 Å². The van der Waals surface area contributed by atoms with Crippen LogP contribution in [0.3, 0.4) is 0 Å². The zero-order valence-corrected chi connectivity index (χ0v) is 54.5. The Bertz CT molecular complexity index is 2710. The molecular formula is C74H110N2O10. The van der Waals surface area contributed by atoms with Gasteiger partial charge in [-0.15, -0.1) is 0 Å². The molecule has 0 aliphatic carbocycles. The predicted molar refractivity (Wildman–Crippen MR) is 342 cm³/mol. The Morgan fingerprint density at radius 2 is 0.895 bits per heavy atom. The van der Waals surface area contributed by atoms with E-state index < -0.39 is 30.1 Å². The van der Waals surface area contributed by atoms with Crippen LogP contribution in [0.4, 0.5) is 0 Å². The van der Waals surface area contributed by atoms with Crippen LogP contribution in [0.25, 0.3) is 0 Å². The number of aliphatic carboxylic acids is 2. The lowest BCUT2D eigenvalue weighted by Crippen LogP contribution is -2.63. The van der Waals surface area contributed by atoms with E-state index in [1.54, 1.807) is 28.4 Å². The first-order chi connectivity index (χ1) is 41.8. The number of rotatable bonds is 38. The summed E-state index contributed by atoms with van der Waals surface area (Å²) < 4.78 is 39.2. The highest BCUT2D eigenvalue weighted by Crippen LogP contribution is 2.55. The largest absolute Gasteiger partial charge is 0.544 e. The average molecular weight is 1190 g/mol. The molecule has 0 amide bonds. The molecule has 0 fully saturated rings. The molecule has 4 heterocycles. The number of unbranched alkanes of at least 4 members (excludes halogenated alkanes) is 26. The highest BCUT2D eigenvalue weighted by atomic mass is 16.5. The van der Waals surface area contributed by atoms with Crippen molar-refractivity contribution in [1.29, 1.82) is 0 Å². The van der Waals surface area contributed by atoms with Crippen LogP contribution in [-0.2, 0) is 35.3 Å². The fourth-order valence-corrected chi connectivity index (χ4v) is 14.8. The number of ether oxygens (including phenoxy) is 6. The molecular weight excluding hydrogens is 1080 g/mol. The molecule has 6 bridgehead atoms. The van der Waals surface area contributed by atoms with Gasteiger partial charge in [-0.2, -0.15) is 0 Å². The van der Waals surface area contributed by atoms with Crippen LogP contribution >= 0.6 is 0 Å². The topological polar surface area (TPSA) is 136 Å². The standard InChI is InChI=1S/C74H110N2O10/c1-9-11-13-15-17-19-21-23-25-27-29-31-33-35-37-61(73(77)78)75(3)47-45-57-52-66(82-6)68-54-60(57)63(75)49-55-39-42-59(43-40-55)85-67-51-56(41-44-65(67)81-5)50-64-70-58(53-69(83-7)71(84-8)72(70)86-68)46-48-76(64,4)62(74(79)80)38-36-34-32-30-28-26-24-22-20-18-16-14-12-10-2/h39-44,51-54,61-64H,9-38,45-50H2,1-8H3. The van der Waals surface area contributed by atoms with Crippen molar-refractivity contribution in [2.75, 3.05) is 55.6 Å². The summed E-state index contributed by atoms with van der Waals surface area (Å²) in [5, 5.41) is 27.6. The van der Waals surface area contributed by atoms with Gasteiger partial charge in [0, 0.05) is 44.1 Å². The maximum atomic E-state index is 13.9. The minimum atomic E-state index is -1.06. The molecule has 4 aromatic rings. The van der Waals surface area contributed by atoms with E-state index in [9.17, 15) is 19.8 Å². The summed E-state index contributed by atoms with van der Waals surface area (Å²) in [6.45, 7) is 5.67. The van der Waals surface area contributed by atoms with Gasteiger partial charge < -0.3 is 57.2 Å². The van der Waals surface area contributed by atoms with Crippen LogP contribution in [-0.4, -0.2) is 88.6 Å². The van der Waals surface area contributed by atoms with Crippen molar-refractivity contribution >= 4 is 11.9 Å². The number of quaternary nitrogens is 2. The molecule has 4 aromatic carbocycles. The molecule has 0 spiro atoms. The normalized spacial score (nSPS) is 19.5. The number of methoxy groups -OCH3 is 4. The second kappa shape index (κ2) is 34.9. The molecule has 6 unspecified atom stereocenters. The van der Waals surface area contributed by atoms with Crippen molar-refractivity contribution in [2.45, 2.75) is 256 Å². The Morgan fingerprint density at radius 1 is 0.477 bits per heavy atom. The number of likely N-dealkylation sites (N-methyl/N-ethyl adjacent to an activating group) is 2. The van der Waals surface area contributed by atoms with E-state index in [2.05, 4.69) is 52.2 Å². The van der Waals surface area contributed by atoms with Gasteiger partial charge >= 0.3 is 0 Å². The van der Waals surface area contributed by atoms with E-state index >= 15 is 0 Å². The predicted octanol–water partition coefficient (Wildman–Crippen LogP) is 16.2. The molecule has 0 radical (unpaired) electrons. The molecule has 0 saturated carbocycles. The number of hydrogen-bond acceptors (Lipinski definition) is 10. The molecule has 8 rings (SSSR count). The van der Waals surface area contributed by atoms with Crippen molar-refractivity contribution in [2.24, 2.45) is 0 Å². The summed E-state index contributed by atoms with van der Waals surface area (Å²) >= 11 is 0. The monoisotopic (exact) mass is 1190 g/mol. The number of nitrogens with zero attached hydrogens (tertiary/aromatic N) is 2. The minimum Gasteiger partial charge on any atom is -0.544 e. The zero-order valence-electron chi connectivity index (χ0n) is 54.5. The number of hydrogen-bond donors (Lipinski definition) is 0. The Labute approximate surface area is 518 Å². The van der Waals surface area contributed by atoms with Crippen LogP contribution in [0.15, 0.2) is 60.7 Å². The zero-order chi connectivity index (χ0) is 61.3. The molecule has 4 aliphatic rings. The second-order valence-electron chi connectivity index (χ2n) is 26.1. The third kappa shape index (κ3) is 18.1. The first-order valence-electron chi connectivity index (χ1n) is 34.0. The molecule has 0 N–H and O–H groups in total. The molecule has 12 heteroatoms. The number of carboxylic acid groups (broad SMARTS) is 2. The van der Waals surface area contributed by atoms with Crippen LogP contribution < -0.4 is 38.6 Å².